The average Bonchev–Trinajstić information content (AvgIpc) is 2.54. The minimum Gasteiger partial charge on any atom is -0.489 e. The summed E-state index contributed by atoms with van der Waals surface area (Å²) in [6.07, 6.45) is 0. The second-order valence-corrected chi connectivity index (χ2v) is 6.32. The van der Waals surface area contributed by atoms with Crippen LogP contribution in [0.4, 0.5) is 0 Å². The summed E-state index contributed by atoms with van der Waals surface area (Å²) in [7, 11) is 0. The Morgan fingerprint density at radius 3 is 2.35 bits per heavy atom. The molecule has 0 fully saturated rings. The van der Waals surface area contributed by atoms with Crippen molar-refractivity contribution in [3.05, 3.63) is 64.7 Å². The van der Waals surface area contributed by atoms with Crippen LogP contribution < -0.4 is 10.1 Å². The highest BCUT2D eigenvalue weighted by molar-refractivity contribution is 6.31. The van der Waals surface area contributed by atoms with Gasteiger partial charge in [-0.2, -0.15) is 0 Å². The minimum atomic E-state index is -0.0659. The van der Waals surface area contributed by atoms with Crippen LogP contribution in [-0.4, -0.2) is 11.9 Å². The van der Waals surface area contributed by atoms with E-state index in [1.165, 1.54) is 0 Å². The van der Waals surface area contributed by atoms with Crippen molar-refractivity contribution in [2.45, 2.75) is 33.4 Å². The third-order valence-corrected chi connectivity index (χ3v) is 4.20. The quantitative estimate of drug-likeness (QED) is 0.833. The molecule has 2 rings (SSSR count). The fourth-order valence-corrected chi connectivity index (χ4v) is 2.13. The second-order valence-electron chi connectivity index (χ2n) is 5.91. The number of hydrogen-bond acceptors (Lipinski definition) is 2. The maximum absolute atomic E-state index is 12.1. The van der Waals surface area contributed by atoms with Crippen molar-refractivity contribution >= 4 is 17.5 Å². The molecule has 1 unspecified atom stereocenters. The summed E-state index contributed by atoms with van der Waals surface area (Å²) in [5.74, 6) is 1.04. The van der Waals surface area contributed by atoms with Gasteiger partial charge < -0.3 is 10.1 Å². The summed E-state index contributed by atoms with van der Waals surface area (Å²) in [5.41, 5.74) is 1.56. The Hall–Kier alpha value is -2.00. The summed E-state index contributed by atoms with van der Waals surface area (Å²) in [6.45, 7) is 6.56. The van der Waals surface area contributed by atoms with Crippen LogP contribution in [0.1, 0.15) is 36.7 Å². The zero-order valence-corrected chi connectivity index (χ0v) is 14.4. The molecule has 0 aromatic heterocycles. The van der Waals surface area contributed by atoms with Crippen molar-refractivity contribution in [2.75, 3.05) is 0 Å². The molecule has 2 aromatic carbocycles. The van der Waals surface area contributed by atoms with Gasteiger partial charge in [0.25, 0.3) is 5.91 Å². The smallest absolute Gasteiger partial charge is 0.251 e. The maximum atomic E-state index is 12.1. The van der Waals surface area contributed by atoms with E-state index in [0.717, 1.165) is 5.56 Å². The first-order chi connectivity index (χ1) is 11.0. The molecule has 3 nitrogen and oxygen atoms in total. The number of rotatable bonds is 6. The molecule has 1 amide bonds. The van der Waals surface area contributed by atoms with E-state index in [0.29, 0.717) is 28.9 Å². The minimum absolute atomic E-state index is 0.0659. The molecule has 0 aliphatic heterocycles. The fourth-order valence-electron chi connectivity index (χ4n) is 1.94. The van der Waals surface area contributed by atoms with Gasteiger partial charge in [-0.1, -0.05) is 43.6 Å². The number of halogens is 1. The molecule has 0 heterocycles. The van der Waals surface area contributed by atoms with E-state index < -0.39 is 0 Å². The topological polar surface area (TPSA) is 38.3 Å². The molecule has 0 bridgehead atoms. The first kappa shape index (κ1) is 17.4. The summed E-state index contributed by atoms with van der Waals surface area (Å²) < 4.78 is 5.71. The summed E-state index contributed by atoms with van der Waals surface area (Å²) in [5, 5.41) is 3.67. The molecule has 122 valence electrons. The lowest BCUT2D eigenvalue weighted by Crippen LogP contribution is -2.36. The molecule has 0 saturated carbocycles. The van der Waals surface area contributed by atoms with Gasteiger partial charge in [-0.3, -0.25) is 4.79 Å². The van der Waals surface area contributed by atoms with E-state index >= 15 is 0 Å². The monoisotopic (exact) mass is 331 g/mol. The van der Waals surface area contributed by atoms with Crippen LogP contribution in [0.5, 0.6) is 5.75 Å². The van der Waals surface area contributed by atoms with Gasteiger partial charge in [-0.05, 0) is 43.2 Å². The van der Waals surface area contributed by atoms with Crippen LogP contribution in [0.15, 0.2) is 48.5 Å². The molecule has 23 heavy (non-hydrogen) atoms. The standard InChI is InChI=1S/C19H22ClNO2/c1-13(2)14(3)21-19(22)15-8-10-17(11-9-15)23-12-16-6-4-5-7-18(16)20/h4-11,13-14H,12H2,1-3H3,(H,21,22). The highest BCUT2D eigenvalue weighted by Crippen LogP contribution is 2.19. The molecular formula is C19H22ClNO2. The predicted octanol–water partition coefficient (Wildman–Crippen LogP) is 4.69. The van der Waals surface area contributed by atoms with Gasteiger partial charge in [-0.15, -0.1) is 0 Å². The van der Waals surface area contributed by atoms with Gasteiger partial charge in [0.1, 0.15) is 12.4 Å². The third kappa shape index (κ3) is 5.00. The van der Waals surface area contributed by atoms with E-state index in [9.17, 15) is 4.79 Å². The highest BCUT2D eigenvalue weighted by atomic mass is 35.5. The number of ether oxygens (including phenoxy) is 1. The van der Waals surface area contributed by atoms with Crippen molar-refractivity contribution in [3.63, 3.8) is 0 Å². The van der Waals surface area contributed by atoms with Gasteiger partial charge in [0.05, 0.1) is 0 Å². The Morgan fingerprint density at radius 2 is 1.74 bits per heavy atom. The van der Waals surface area contributed by atoms with Crippen molar-refractivity contribution in [1.29, 1.82) is 0 Å². The number of carbonyl (C=O) groups excluding carboxylic acids is 1. The predicted molar refractivity (Wildman–Crippen MR) is 94.0 cm³/mol. The lowest BCUT2D eigenvalue weighted by molar-refractivity contribution is 0.0930. The molecule has 1 atom stereocenters. The molecule has 1 N–H and O–H groups in total. The Morgan fingerprint density at radius 1 is 1.09 bits per heavy atom. The molecule has 0 aliphatic rings. The maximum Gasteiger partial charge on any atom is 0.251 e. The lowest BCUT2D eigenvalue weighted by atomic mass is 10.1. The molecular weight excluding hydrogens is 310 g/mol. The number of carbonyl (C=O) groups is 1. The molecule has 0 saturated heterocycles. The van der Waals surface area contributed by atoms with Crippen LogP contribution >= 0.6 is 11.6 Å². The first-order valence-corrected chi connectivity index (χ1v) is 8.12. The third-order valence-electron chi connectivity index (χ3n) is 3.83. The second kappa shape index (κ2) is 8.02. The van der Waals surface area contributed by atoms with Gasteiger partial charge in [-0.25, -0.2) is 0 Å². The van der Waals surface area contributed by atoms with Crippen LogP contribution in [0, 0.1) is 5.92 Å². The Bertz CT molecular complexity index is 653. The van der Waals surface area contributed by atoms with Crippen molar-refractivity contribution in [2.24, 2.45) is 5.92 Å². The first-order valence-electron chi connectivity index (χ1n) is 7.74. The number of nitrogens with one attached hydrogen (secondary N) is 1. The van der Waals surface area contributed by atoms with E-state index in [2.05, 4.69) is 19.2 Å². The molecule has 2 aromatic rings. The van der Waals surface area contributed by atoms with Crippen LogP contribution in [0.3, 0.4) is 0 Å². The summed E-state index contributed by atoms with van der Waals surface area (Å²) in [6, 6.07) is 14.8. The Labute approximate surface area is 142 Å². The SMILES string of the molecule is CC(C)C(C)NC(=O)c1ccc(OCc2ccccc2Cl)cc1. The Kier molecular flexibility index (Phi) is 6.05. The summed E-state index contributed by atoms with van der Waals surface area (Å²) in [4.78, 5) is 12.1. The van der Waals surface area contributed by atoms with Gasteiger partial charge >= 0.3 is 0 Å². The van der Waals surface area contributed by atoms with E-state index in [1.54, 1.807) is 24.3 Å². The molecule has 0 radical (unpaired) electrons. The zero-order chi connectivity index (χ0) is 16.8. The van der Waals surface area contributed by atoms with E-state index in [1.807, 2.05) is 31.2 Å². The van der Waals surface area contributed by atoms with Crippen LogP contribution in [-0.2, 0) is 6.61 Å². The fraction of sp³-hybridized carbons (Fsp3) is 0.316. The lowest BCUT2D eigenvalue weighted by Gasteiger charge is -2.17. The Balaban J connectivity index is 1.94. The molecule has 0 spiro atoms. The van der Waals surface area contributed by atoms with Gasteiger partial charge in [0.2, 0.25) is 0 Å². The zero-order valence-electron chi connectivity index (χ0n) is 13.7. The normalized spacial score (nSPS) is 12.0. The summed E-state index contributed by atoms with van der Waals surface area (Å²) >= 11 is 6.10. The van der Waals surface area contributed by atoms with Gasteiger partial charge in [0.15, 0.2) is 0 Å². The average molecular weight is 332 g/mol. The van der Waals surface area contributed by atoms with Crippen LogP contribution in [0.2, 0.25) is 5.02 Å². The number of amides is 1. The van der Waals surface area contributed by atoms with Crippen molar-refractivity contribution < 1.29 is 9.53 Å². The van der Waals surface area contributed by atoms with Crippen molar-refractivity contribution in [1.82, 2.24) is 5.32 Å². The molecule has 0 aliphatic carbocycles. The largest absolute Gasteiger partial charge is 0.489 e. The van der Waals surface area contributed by atoms with Gasteiger partial charge in [0, 0.05) is 22.2 Å². The highest BCUT2D eigenvalue weighted by Gasteiger charge is 2.12. The van der Waals surface area contributed by atoms with E-state index in [4.69, 9.17) is 16.3 Å². The van der Waals surface area contributed by atoms with Crippen molar-refractivity contribution in [3.8, 4) is 5.75 Å². The number of benzene rings is 2. The number of hydrogen-bond donors (Lipinski definition) is 1. The molecule has 4 heteroatoms. The van der Waals surface area contributed by atoms with Crippen LogP contribution in [0.25, 0.3) is 0 Å². The van der Waals surface area contributed by atoms with E-state index in [-0.39, 0.29) is 11.9 Å².